The van der Waals surface area contributed by atoms with E-state index in [0.29, 0.717) is 21.5 Å². The van der Waals surface area contributed by atoms with Gasteiger partial charge in [-0.05, 0) is 65.1 Å². The Labute approximate surface area is 243 Å². The second kappa shape index (κ2) is 13.6. The van der Waals surface area contributed by atoms with Crippen LogP contribution >= 0.6 is 0 Å². The van der Waals surface area contributed by atoms with Crippen LogP contribution < -0.4 is 10.1 Å². The van der Waals surface area contributed by atoms with E-state index < -0.39 is 23.4 Å². The number of rotatable bonds is 4. The van der Waals surface area contributed by atoms with E-state index in [4.69, 9.17) is 4.74 Å². The molecule has 1 fully saturated rings. The summed E-state index contributed by atoms with van der Waals surface area (Å²) < 4.78 is 4.94. The highest BCUT2D eigenvalue weighted by atomic mass is 16.5. The minimum atomic E-state index is -1.34. The molecule has 216 valence electrons. The number of hydrogen-bond donors (Lipinski definition) is 3. The number of aromatic carboxylic acids is 2. The number of carboxylic acids is 2. The number of aromatic hydroxyl groups is 1. The Morgan fingerprint density at radius 3 is 1.83 bits per heavy atom. The van der Waals surface area contributed by atoms with E-state index in [1.807, 2.05) is 12.3 Å². The van der Waals surface area contributed by atoms with Gasteiger partial charge in [0, 0.05) is 43.8 Å². The average molecular weight is 568 g/mol. The number of carboxylic acid groups (broad SMARTS) is 2. The van der Waals surface area contributed by atoms with Crippen molar-refractivity contribution < 1.29 is 39.7 Å². The number of ether oxygens (including phenoxy) is 1. The van der Waals surface area contributed by atoms with Gasteiger partial charge in [-0.3, -0.25) is 0 Å². The van der Waals surface area contributed by atoms with Crippen LogP contribution in [0.15, 0.2) is 79.0 Å². The summed E-state index contributed by atoms with van der Waals surface area (Å²) in [5.41, 5.74) is 2.38. The first-order chi connectivity index (χ1) is 20.2. The Hall–Kier alpha value is -4.95. The topological polar surface area (TPSA) is 141 Å². The summed E-state index contributed by atoms with van der Waals surface area (Å²) in [5.74, 6) is -3.71. The number of aromatic nitrogens is 1. The highest BCUT2D eigenvalue weighted by Gasteiger charge is 2.20. The maximum Gasteiger partial charge on any atom is 0.339 e. The molecule has 6 rings (SSSR count). The smallest absolute Gasteiger partial charge is 0.339 e. The molecule has 1 saturated heterocycles. The average Bonchev–Trinajstić information content (AvgIpc) is 3.57. The van der Waals surface area contributed by atoms with Crippen molar-refractivity contribution in [2.24, 2.45) is 0 Å². The minimum Gasteiger partial charge on any atom is -0.872 e. The fourth-order valence-electron chi connectivity index (χ4n) is 4.78. The molecule has 0 amide bonds. The van der Waals surface area contributed by atoms with Gasteiger partial charge in [0.1, 0.15) is 11.3 Å². The molecule has 0 bridgehead atoms. The number of H-pyrrole nitrogens is 1. The first kappa shape index (κ1) is 30.0. The standard InChI is InChI=1S/C23H16O6.C7H9N.C4H8O/c24-20-16(14-7-3-1-5-12(14)9-18(20)22(26)27)11-17-15-8-4-2-6-13(15)10-19(21(17)25)23(28)29;1-6-4-3-5-8-7(6)2;1-2-4-5-3-1/h1-10,24-25H,11H2,(H,26,27)(H,28,29);3-5H,1-2H3;1-4H2. The van der Waals surface area contributed by atoms with Crippen molar-refractivity contribution in [1.29, 1.82) is 0 Å². The third kappa shape index (κ3) is 6.85. The van der Waals surface area contributed by atoms with E-state index in [0.717, 1.165) is 13.2 Å². The fourth-order valence-corrected chi connectivity index (χ4v) is 4.78. The molecule has 1 aromatic heterocycles. The maximum atomic E-state index is 12.9. The molecule has 0 radical (unpaired) electrons. The van der Waals surface area contributed by atoms with Gasteiger partial charge in [-0.25, -0.2) is 14.6 Å². The summed E-state index contributed by atoms with van der Waals surface area (Å²) in [4.78, 5) is 26.3. The molecule has 0 spiro atoms. The molecule has 0 atom stereocenters. The number of aryl methyl sites for hydroxylation is 2. The number of nitrogens with one attached hydrogen (secondary N) is 1. The van der Waals surface area contributed by atoms with Crippen molar-refractivity contribution in [1.82, 2.24) is 0 Å². The highest BCUT2D eigenvalue weighted by Crippen LogP contribution is 2.37. The first-order valence-electron chi connectivity index (χ1n) is 13.6. The van der Waals surface area contributed by atoms with Gasteiger partial charge in [0.2, 0.25) is 0 Å². The van der Waals surface area contributed by atoms with E-state index in [9.17, 15) is 30.0 Å². The van der Waals surface area contributed by atoms with Crippen LogP contribution in [0.2, 0.25) is 0 Å². The van der Waals surface area contributed by atoms with Gasteiger partial charge >= 0.3 is 11.9 Å². The molecule has 0 aliphatic carbocycles. The van der Waals surface area contributed by atoms with Crippen LogP contribution in [0.3, 0.4) is 0 Å². The van der Waals surface area contributed by atoms with E-state index in [2.05, 4.69) is 24.9 Å². The Balaban J connectivity index is 0.000000255. The number of phenols is 1. The number of hydrogen-bond acceptors (Lipinski definition) is 5. The molecule has 4 N–H and O–H groups in total. The van der Waals surface area contributed by atoms with Crippen molar-refractivity contribution in [2.75, 3.05) is 13.2 Å². The van der Waals surface area contributed by atoms with Crippen molar-refractivity contribution in [3.05, 3.63) is 113 Å². The van der Waals surface area contributed by atoms with Crippen LogP contribution in [0.1, 0.15) is 55.9 Å². The van der Waals surface area contributed by atoms with E-state index in [-0.39, 0.29) is 28.7 Å². The Bertz CT molecular complexity index is 1610. The molecule has 42 heavy (non-hydrogen) atoms. The second-order valence-electron chi connectivity index (χ2n) is 10.0. The van der Waals surface area contributed by atoms with E-state index in [1.165, 1.54) is 36.2 Å². The molecule has 8 nitrogen and oxygen atoms in total. The summed E-state index contributed by atoms with van der Waals surface area (Å²) in [6, 6.07) is 20.6. The second-order valence-corrected chi connectivity index (χ2v) is 10.0. The summed E-state index contributed by atoms with van der Waals surface area (Å²) in [5, 5.41) is 44.8. The van der Waals surface area contributed by atoms with Gasteiger partial charge in [-0.15, -0.1) is 0 Å². The molecular formula is C34H33NO7. The summed E-state index contributed by atoms with van der Waals surface area (Å²) in [6.07, 6.45) is 4.39. The molecule has 4 aromatic carbocycles. The Morgan fingerprint density at radius 1 is 0.810 bits per heavy atom. The van der Waals surface area contributed by atoms with Crippen molar-refractivity contribution in [2.45, 2.75) is 33.1 Å². The zero-order valence-corrected chi connectivity index (χ0v) is 23.5. The van der Waals surface area contributed by atoms with Gasteiger partial charge in [0.25, 0.3) is 0 Å². The SMILES string of the molecule is C1CCOC1.Cc1ccc[nH+]c1C.O=C(O)c1cc2ccccc2c(Cc2c(O)c(C(=O)O)cc3ccccc23)c1[O-]. The normalized spacial score (nSPS) is 12.2. The molecule has 0 unspecified atom stereocenters. The zero-order valence-electron chi connectivity index (χ0n) is 23.5. The lowest BCUT2D eigenvalue weighted by Crippen LogP contribution is -2.09. The van der Waals surface area contributed by atoms with Gasteiger partial charge in [-0.2, -0.15) is 0 Å². The van der Waals surface area contributed by atoms with Gasteiger partial charge in [0.05, 0.1) is 5.56 Å². The third-order valence-corrected chi connectivity index (χ3v) is 7.21. The molecule has 0 saturated carbocycles. The maximum absolute atomic E-state index is 12.9. The van der Waals surface area contributed by atoms with Crippen LogP contribution in [-0.4, -0.2) is 40.5 Å². The van der Waals surface area contributed by atoms with Crippen LogP contribution in [0.5, 0.6) is 11.5 Å². The minimum absolute atomic E-state index is 0.103. The molecule has 5 aromatic rings. The largest absolute Gasteiger partial charge is 0.872 e. The Kier molecular flexibility index (Phi) is 9.73. The van der Waals surface area contributed by atoms with Crippen LogP contribution in [0.25, 0.3) is 21.5 Å². The summed E-state index contributed by atoms with van der Waals surface area (Å²) in [7, 11) is 0. The fraction of sp³-hybridized carbons (Fsp3) is 0.206. The van der Waals surface area contributed by atoms with Crippen molar-refractivity contribution in [3.8, 4) is 11.5 Å². The van der Waals surface area contributed by atoms with E-state index >= 15 is 0 Å². The number of aromatic amines is 1. The molecular weight excluding hydrogens is 534 g/mol. The van der Waals surface area contributed by atoms with Gasteiger partial charge in [0.15, 0.2) is 11.9 Å². The lowest BCUT2D eigenvalue weighted by atomic mass is 9.90. The Morgan fingerprint density at radius 2 is 1.36 bits per heavy atom. The van der Waals surface area contributed by atoms with Crippen LogP contribution in [-0.2, 0) is 11.2 Å². The molecule has 8 heteroatoms. The quantitative estimate of drug-likeness (QED) is 0.254. The summed E-state index contributed by atoms with van der Waals surface area (Å²) in [6.45, 7) is 6.15. The summed E-state index contributed by atoms with van der Waals surface area (Å²) >= 11 is 0. The monoisotopic (exact) mass is 567 g/mol. The van der Waals surface area contributed by atoms with E-state index in [1.54, 1.807) is 48.5 Å². The number of pyridine rings is 1. The van der Waals surface area contributed by atoms with Crippen molar-refractivity contribution >= 4 is 33.5 Å². The number of fused-ring (bicyclic) bond motifs is 2. The molecule has 1 aliphatic rings. The van der Waals surface area contributed by atoms with Crippen LogP contribution in [0.4, 0.5) is 0 Å². The van der Waals surface area contributed by atoms with Crippen LogP contribution in [0, 0.1) is 13.8 Å². The van der Waals surface area contributed by atoms with Crippen molar-refractivity contribution in [3.63, 3.8) is 0 Å². The predicted octanol–water partition coefficient (Wildman–Crippen LogP) is 5.67. The highest BCUT2D eigenvalue weighted by molar-refractivity contribution is 6.02. The lowest BCUT2D eigenvalue weighted by Gasteiger charge is -2.21. The predicted molar refractivity (Wildman–Crippen MR) is 158 cm³/mol. The third-order valence-electron chi connectivity index (χ3n) is 7.21. The van der Waals surface area contributed by atoms with Gasteiger partial charge < -0.3 is 25.2 Å². The molecule has 2 heterocycles. The van der Waals surface area contributed by atoms with Gasteiger partial charge in [-0.1, -0.05) is 54.3 Å². The zero-order chi connectivity index (χ0) is 30.2. The first-order valence-corrected chi connectivity index (χ1v) is 13.6. The lowest BCUT2D eigenvalue weighted by molar-refractivity contribution is -0.388. The number of carbonyl (C=O) groups is 2. The molecule has 1 aliphatic heterocycles. The number of benzene rings is 4.